The standard InChI is InChI=1S/C22H24F3NO3/c1-3-16(21(28)29-4-2)14-26(20(27)17-10-6-5-7-11-17)15-18-12-8-9-13-19(18)22(23,24)25/h5-13,16H,3-4,14-15H2,1-2H3. The second kappa shape index (κ2) is 10.1. The largest absolute Gasteiger partial charge is 0.466 e. The van der Waals surface area contributed by atoms with Crippen LogP contribution in [-0.2, 0) is 22.3 Å². The van der Waals surface area contributed by atoms with E-state index in [-0.39, 0.29) is 25.3 Å². The highest BCUT2D eigenvalue weighted by Gasteiger charge is 2.34. The molecule has 29 heavy (non-hydrogen) atoms. The Bertz CT molecular complexity index is 822. The average Bonchev–Trinajstić information content (AvgIpc) is 2.71. The Morgan fingerprint density at radius 3 is 2.21 bits per heavy atom. The van der Waals surface area contributed by atoms with Gasteiger partial charge in [-0.05, 0) is 37.1 Å². The fourth-order valence-corrected chi connectivity index (χ4v) is 3.02. The summed E-state index contributed by atoms with van der Waals surface area (Å²) in [6, 6.07) is 13.4. The number of hydrogen-bond donors (Lipinski definition) is 0. The molecule has 2 aromatic rings. The van der Waals surface area contributed by atoms with Crippen LogP contribution in [0.25, 0.3) is 0 Å². The molecule has 2 aromatic carbocycles. The lowest BCUT2D eigenvalue weighted by atomic mass is 10.0. The van der Waals surface area contributed by atoms with Crippen LogP contribution in [0.3, 0.4) is 0 Å². The van der Waals surface area contributed by atoms with E-state index in [0.717, 1.165) is 6.07 Å². The van der Waals surface area contributed by atoms with Crippen molar-refractivity contribution in [3.8, 4) is 0 Å². The van der Waals surface area contributed by atoms with Crippen LogP contribution in [0.4, 0.5) is 13.2 Å². The molecule has 1 unspecified atom stereocenters. The van der Waals surface area contributed by atoms with Crippen molar-refractivity contribution in [1.29, 1.82) is 0 Å². The number of benzene rings is 2. The summed E-state index contributed by atoms with van der Waals surface area (Å²) in [5.41, 5.74) is -0.478. The number of alkyl halides is 3. The molecule has 0 aliphatic rings. The van der Waals surface area contributed by atoms with Crippen LogP contribution >= 0.6 is 0 Å². The second-order valence-corrected chi connectivity index (χ2v) is 6.56. The minimum absolute atomic E-state index is 0.0250. The van der Waals surface area contributed by atoms with Crippen molar-refractivity contribution in [2.75, 3.05) is 13.2 Å². The molecule has 0 spiro atoms. The van der Waals surface area contributed by atoms with Gasteiger partial charge in [-0.15, -0.1) is 0 Å². The molecule has 0 saturated heterocycles. The molecule has 1 atom stereocenters. The van der Waals surface area contributed by atoms with Crippen LogP contribution in [0, 0.1) is 5.92 Å². The van der Waals surface area contributed by atoms with Gasteiger partial charge in [-0.25, -0.2) is 0 Å². The third kappa shape index (κ3) is 6.07. The fourth-order valence-electron chi connectivity index (χ4n) is 3.02. The van der Waals surface area contributed by atoms with Crippen LogP contribution in [0.2, 0.25) is 0 Å². The summed E-state index contributed by atoms with van der Waals surface area (Å²) >= 11 is 0. The van der Waals surface area contributed by atoms with Crippen molar-refractivity contribution in [3.05, 3.63) is 71.3 Å². The highest BCUT2D eigenvalue weighted by atomic mass is 19.4. The van der Waals surface area contributed by atoms with Gasteiger partial charge in [-0.3, -0.25) is 9.59 Å². The predicted molar refractivity (Wildman–Crippen MR) is 103 cm³/mol. The first-order valence-electron chi connectivity index (χ1n) is 9.44. The van der Waals surface area contributed by atoms with E-state index >= 15 is 0 Å². The Hall–Kier alpha value is -2.83. The average molecular weight is 407 g/mol. The molecule has 156 valence electrons. The smallest absolute Gasteiger partial charge is 0.416 e. The SMILES string of the molecule is CCOC(=O)C(CC)CN(Cc1ccccc1C(F)(F)F)C(=O)c1ccccc1. The molecule has 0 N–H and O–H groups in total. The molecule has 1 amide bonds. The lowest BCUT2D eigenvalue weighted by Gasteiger charge is -2.27. The van der Waals surface area contributed by atoms with Crippen LogP contribution in [-0.4, -0.2) is 29.9 Å². The molecule has 0 radical (unpaired) electrons. The first kappa shape index (κ1) is 22.5. The second-order valence-electron chi connectivity index (χ2n) is 6.56. The molecule has 0 heterocycles. The van der Waals surface area contributed by atoms with Gasteiger partial charge in [-0.2, -0.15) is 13.2 Å². The number of carbonyl (C=O) groups is 2. The maximum atomic E-state index is 13.4. The molecule has 4 nitrogen and oxygen atoms in total. The van der Waals surface area contributed by atoms with Gasteiger partial charge in [0.05, 0.1) is 18.1 Å². The predicted octanol–water partition coefficient (Wildman–Crippen LogP) is 4.94. The van der Waals surface area contributed by atoms with Gasteiger partial charge >= 0.3 is 12.1 Å². The third-order valence-electron chi connectivity index (χ3n) is 4.55. The Morgan fingerprint density at radius 1 is 1.00 bits per heavy atom. The molecule has 0 bridgehead atoms. The van der Waals surface area contributed by atoms with Crippen molar-refractivity contribution < 1.29 is 27.5 Å². The van der Waals surface area contributed by atoms with E-state index in [1.807, 2.05) is 0 Å². The lowest BCUT2D eigenvalue weighted by molar-refractivity contribution is -0.148. The number of halogens is 3. The number of carbonyl (C=O) groups excluding carboxylic acids is 2. The van der Waals surface area contributed by atoms with Crippen LogP contribution in [0.1, 0.15) is 41.8 Å². The third-order valence-corrected chi connectivity index (χ3v) is 4.55. The number of nitrogens with zero attached hydrogens (tertiary/aromatic N) is 1. The van der Waals surface area contributed by atoms with E-state index < -0.39 is 29.5 Å². The molecule has 0 aliphatic heterocycles. The minimum Gasteiger partial charge on any atom is -0.466 e. The lowest BCUT2D eigenvalue weighted by Crippen LogP contribution is -2.38. The van der Waals surface area contributed by atoms with Crippen molar-refractivity contribution in [3.63, 3.8) is 0 Å². The van der Waals surface area contributed by atoms with Crippen LogP contribution in [0.5, 0.6) is 0 Å². The highest BCUT2D eigenvalue weighted by molar-refractivity contribution is 5.94. The van der Waals surface area contributed by atoms with E-state index in [1.165, 1.54) is 23.1 Å². The number of rotatable bonds is 8. The quantitative estimate of drug-likeness (QED) is 0.583. The first-order valence-corrected chi connectivity index (χ1v) is 9.44. The number of ether oxygens (including phenoxy) is 1. The topological polar surface area (TPSA) is 46.6 Å². The van der Waals surface area contributed by atoms with E-state index in [4.69, 9.17) is 4.74 Å². The van der Waals surface area contributed by atoms with Gasteiger partial charge < -0.3 is 9.64 Å². The van der Waals surface area contributed by atoms with Gasteiger partial charge in [0.25, 0.3) is 5.91 Å². The monoisotopic (exact) mass is 407 g/mol. The van der Waals surface area contributed by atoms with Crippen molar-refractivity contribution in [2.45, 2.75) is 33.0 Å². The first-order chi connectivity index (χ1) is 13.8. The van der Waals surface area contributed by atoms with E-state index in [9.17, 15) is 22.8 Å². The van der Waals surface area contributed by atoms with E-state index in [2.05, 4.69) is 0 Å². The molecule has 0 aliphatic carbocycles. The maximum absolute atomic E-state index is 13.4. The normalized spacial score (nSPS) is 12.3. The zero-order chi connectivity index (χ0) is 21.4. The van der Waals surface area contributed by atoms with Gasteiger partial charge in [0.1, 0.15) is 0 Å². The van der Waals surface area contributed by atoms with Crippen LogP contribution < -0.4 is 0 Å². The van der Waals surface area contributed by atoms with Gasteiger partial charge in [0.15, 0.2) is 0 Å². The Kier molecular flexibility index (Phi) is 7.82. The number of amides is 1. The van der Waals surface area contributed by atoms with Gasteiger partial charge in [0, 0.05) is 18.7 Å². The minimum atomic E-state index is -4.54. The number of esters is 1. The van der Waals surface area contributed by atoms with Crippen molar-refractivity contribution in [2.24, 2.45) is 5.92 Å². The molecular formula is C22H24F3NO3. The zero-order valence-corrected chi connectivity index (χ0v) is 16.4. The summed E-state index contributed by atoms with van der Waals surface area (Å²) in [5, 5.41) is 0. The Labute approximate surface area is 168 Å². The molecule has 2 rings (SSSR count). The molecular weight excluding hydrogens is 383 g/mol. The summed E-state index contributed by atoms with van der Waals surface area (Å²) in [6.07, 6.45) is -4.14. The summed E-state index contributed by atoms with van der Waals surface area (Å²) < 4.78 is 45.3. The molecule has 7 heteroatoms. The molecule has 0 fully saturated rings. The van der Waals surface area contributed by atoms with Crippen LogP contribution in [0.15, 0.2) is 54.6 Å². The summed E-state index contributed by atoms with van der Waals surface area (Å²) in [6.45, 7) is 3.35. The maximum Gasteiger partial charge on any atom is 0.416 e. The van der Waals surface area contributed by atoms with E-state index in [1.54, 1.807) is 44.2 Å². The number of hydrogen-bond acceptors (Lipinski definition) is 3. The summed E-state index contributed by atoms with van der Waals surface area (Å²) in [7, 11) is 0. The van der Waals surface area contributed by atoms with Gasteiger partial charge in [-0.1, -0.05) is 43.3 Å². The summed E-state index contributed by atoms with van der Waals surface area (Å²) in [5.74, 6) is -1.53. The molecule has 0 aromatic heterocycles. The Morgan fingerprint density at radius 2 is 1.62 bits per heavy atom. The molecule has 0 saturated carbocycles. The van der Waals surface area contributed by atoms with Crippen molar-refractivity contribution >= 4 is 11.9 Å². The fraction of sp³-hybridized carbons (Fsp3) is 0.364. The van der Waals surface area contributed by atoms with E-state index in [0.29, 0.717) is 12.0 Å². The zero-order valence-electron chi connectivity index (χ0n) is 16.4. The van der Waals surface area contributed by atoms with Crippen molar-refractivity contribution in [1.82, 2.24) is 4.90 Å². The Balaban J connectivity index is 2.38. The summed E-state index contributed by atoms with van der Waals surface area (Å²) in [4.78, 5) is 26.5. The highest BCUT2D eigenvalue weighted by Crippen LogP contribution is 2.32. The van der Waals surface area contributed by atoms with Gasteiger partial charge in [0.2, 0.25) is 0 Å².